The van der Waals surface area contributed by atoms with Crippen LogP contribution in [0.4, 0.5) is 0 Å². The number of carbonyl (C=O) groups is 4. The minimum atomic E-state index is -0.782. The summed E-state index contributed by atoms with van der Waals surface area (Å²) in [7, 11) is 0. The van der Waals surface area contributed by atoms with Gasteiger partial charge in [-0.2, -0.15) is 12.6 Å². The van der Waals surface area contributed by atoms with E-state index >= 15 is 0 Å². The molecule has 1 aliphatic heterocycles. The van der Waals surface area contributed by atoms with Crippen LogP contribution in [0.1, 0.15) is 48.0 Å². The first-order valence-corrected chi connectivity index (χ1v) is 8.42. The molecule has 0 bridgehead atoms. The van der Waals surface area contributed by atoms with Crippen molar-refractivity contribution < 1.29 is 28.7 Å². The fourth-order valence-corrected chi connectivity index (χ4v) is 2.71. The lowest BCUT2D eigenvalue weighted by molar-refractivity contribution is -0.173. The van der Waals surface area contributed by atoms with E-state index in [0.29, 0.717) is 5.57 Å². The minimum Gasteiger partial charge on any atom is -0.427 e. The molecule has 8 heteroatoms. The first kappa shape index (κ1) is 21.2. The summed E-state index contributed by atoms with van der Waals surface area (Å²) >= 11 is 4.32. The van der Waals surface area contributed by atoms with Crippen LogP contribution in [0.25, 0.3) is 0 Å². The first-order chi connectivity index (χ1) is 11.4. The molecule has 1 rings (SSSR count). The van der Waals surface area contributed by atoms with E-state index in [1.807, 2.05) is 0 Å². The number of ketones is 1. The van der Waals surface area contributed by atoms with Gasteiger partial charge in [0.25, 0.3) is 0 Å². The molecule has 1 heterocycles. The highest BCUT2D eigenvalue weighted by atomic mass is 32.1. The standard InChI is InChI=1S/C17H25NO6S/c1-9(2)12(15(21)23-8-24-16(22)17(4,5)6)18-13(20)11(14(18)25)7-10(3)19/h11,14,25H,7-8H2,1-6H3/t11-,14-/m1/s1. The molecule has 2 atom stereocenters. The van der Waals surface area contributed by atoms with Gasteiger partial charge in [-0.25, -0.2) is 4.79 Å². The molecule has 0 aromatic heterocycles. The number of rotatable bonds is 6. The van der Waals surface area contributed by atoms with Crippen LogP contribution in [0.3, 0.4) is 0 Å². The molecule has 1 amide bonds. The smallest absolute Gasteiger partial charge is 0.357 e. The van der Waals surface area contributed by atoms with Gasteiger partial charge < -0.3 is 14.3 Å². The van der Waals surface area contributed by atoms with Crippen LogP contribution in [0.15, 0.2) is 11.3 Å². The zero-order valence-corrected chi connectivity index (χ0v) is 16.3. The molecular weight excluding hydrogens is 346 g/mol. The Morgan fingerprint density at radius 3 is 2.08 bits per heavy atom. The number of thiol groups is 1. The van der Waals surface area contributed by atoms with Gasteiger partial charge in [0, 0.05) is 6.42 Å². The number of ether oxygens (including phenoxy) is 2. The monoisotopic (exact) mass is 371 g/mol. The Kier molecular flexibility index (Phi) is 6.82. The molecular formula is C17H25NO6S. The lowest BCUT2D eigenvalue weighted by Gasteiger charge is -2.44. The second kappa shape index (κ2) is 8.03. The Hall–Kier alpha value is -1.83. The largest absolute Gasteiger partial charge is 0.427 e. The van der Waals surface area contributed by atoms with Gasteiger partial charge in [0.05, 0.1) is 16.7 Å². The number of likely N-dealkylation sites (tertiary alicyclic amines) is 1. The molecule has 0 unspecified atom stereocenters. The number of hydrogen-bond acceptors (Lipinski definition) is 7. The third-order valence-corrected chi connectivity index (χ3v) is 4.18. The summed E-state index contributed by atoms with van der Waals surface area (Å²) in [6, 6.07) is 0. The minimum absolute atomic E-state index is 0.0524. The van der Waals surface area contributed by atoms with Crippen LogP contribution in [0.2, 0.25) is 0 Å². The second-order valence-corrected chi connectivity index (χ2v) is 7.74. The average molecular weight is 371 g/mol. The number of esters is 2. The number of nitrogens with zero attached hydrogens (tertiary/aromatic N) is 1. The van der Waals surface area contributed by atoms with Gasteiger partial charge in [-0.05, 0) is 47.1 Å². The first-order valence-electron chi connectivity index (χ1n) is 7.90. The highest BCUT2D eigenvalue weighted by molar-refractivity contribution is 7.81. The van der Waals surface area contributed by atoms with E-state index in [0.717, 1.165) is 0 Å². The lowest BCUT2D eigenvalue weighted by Crippen LogP contribution is -2.59. The Bertz CT molecular complexity index is 615. The van der Waals surface area contributed by atoms with Crippen molar-refractivity contribution >= 4 is 36.3 Å². The molecule has 140 valence electrons. The number of amides is 1. The maximum absolute atomic E-state index is 12.3. The molecule has 0 aromatic rings. The van der Waals surface area contributed by atoms with Crippen LogP contribution in [-0.2, 0) is 28.7 Å². The van der Waals surface area contributed by atoms with Crippen LogP contribution in [0, 0.1) is 11.3 Å². The Morgan fingerprint density at radius 1 is 1.12 bits per heavy atom. The van der Waals surface area contributed by atoms with Gasteiger partial charge in [0.1, 0.15) is 11.5 Å². The third kappa shape index (κ3) is 5.07. The Labute approximate surface area is 153 Å². The SMILES string of the molecule is CC(=O)C[C@@H]1C(=O)N(C(C(=O)OCOC(=O)C(C)(C)C)=C(C)C)[C@@H]1S. The van der Waals surface area contributed by atoms with E-state index in [2.05, 4.69) is 12.6 Å². The highest BCUT2D eigenvalue weighted by Gasteiger charge is 2.49. The van der Waals surface area contributed by atoms with Gasteiger partial charge in [-0.15, -0.1) is 0 Å². The fourth-order valence-electron chi connectivity index (χ4n) is 2.24. The predicted molar refractivity (Wildman–Crippen MR) is 93.3 cm³/mol. The van der Waals surface area contributed by atoms with Gasteiger partial charge in [0.15, 0.2) is 0 Å². The molecule has 0 aliphatic carbocycles. The van der Waals surface area contributed by atoms with Crippen molar-refractivity contribution in [1.29, 1.82) is 0 Å². The molecule has 1 fully saturated rings. The van der Waals surface area contributed by atoms with Crippen molar-refractivity contribution in [3.63, 3.8) is 0 Å². The zero-order valence-electron chi connectivity index (χ0n) is 15.4. The van der Waals surface area contributed by atoms with Gasteiger partial charge >= 0.3 is 11.9 Å². The normalized spacial score (nSPS) is 19.8. The van der Waals surface area contributed by atoms with Crippen molar-refractivity contribution in [3.8, 4) is 0 Å². The lowest BCUT2D eigenvalue weighted by atomic mass is 9.91. The molecule has 0 aromatic carbocycles. The van der Waals surface area contributed by atoms with Crippen molar-refractivity contribution in [2.75, 3.05) is 6.79 Å². The van der Waals surface area contributed by atoms with Gasteiger partial charge in [0.2, 0.25) is 12.7 Å². The maximum Gasteiger partial charge on any atom is 0.357 e. The number of carbonyl (C=O) groups excluding carboxylic acids is 4. The van der Waals surface area contributed by atoms with E-state index in [1.165, 1.54) is 11.8 Å². The summed E-state index contributed by atoms with van der Waals surface area (Å²) in [5, 5.41) is -0.578. The van der Waals surface area contributed by atoms with Crippen LogP contribution in [-0.4, -0.2) is 40.7 Å². The third-order valence-electron chi connectivity index (χ3n) is 3.59. The number of hydrogen-bond donors (Lipinski definition) is 1. The van der Waals surface area contributed by atoms with Crippen molar-refractivity contribution in [1.82, 2.24) is 4.90 Å². The van der Waals surface area contributed by atoms with Crippen LogP contribution < -0.4 is 0 Å². The predicted octanol–water partition coefficient (Wildman–Crippen LogP) is 2.06. The summed E-state index contributed by atoms with van der Waals surface area (Å²) in [5.41, 5.74) is -0.104. The molecule has 1 saturated heterocycles. The maximum atomic E-state index is 12.3. The molecule has 0 N–H and O–H groups in total. The highest BCUT2D eigenvalue weighted by Crippen LogP contribution is 2.37. The van der Waals surface area contributed by atoms with E-state index in [1.54, 1.807) is 34.6 Å². The molecule has 1 aliphatic rings. The summed E-state index contributed by atoms with van der Waals surface area (Å²) in [4.78, 5) is 48.7. The van der Waals surface area contributed by atoms with Gasteiger partial charge in [-0.1, -0.05) is 0 Å². The summed E-state index contributed by atoms with van der Waals surface area (Å²) < 4.78 is 9.86. The number of β-lactam (4-membered cyclic amide) rings is 1. The second-order valence-electron chi connectivity index (χ2n) is 7.21. The van der Waals surface area contributed by atoms with Crippen LogP contribution >= 0.6 is 12.6 Å². The fraction of sp³-hybridized carbons (Fsp3) is 0.647. The quantitative estimate of drug-likeness (QED) is 0.253. The Morgan fingerprint density at radius 2 is 1.68 bits per heavy atom. The summed E-state index contributed by atoms with van der Waals surface area (Å²) in [5.74, 6) is -2.31. The molecule has 7 nitrogen and oxygen atoms in total. The van der Waals surface area contributed by atoms with Crippen molar-refractivity contribution in [2.45, 2.75) is 53.3 Å². The van der Waals surface area contributed by atoms with E-state index < -0.39 is 35.4 Å². The molecule has 25 heavy (non-hydrogen) atoms. The molecule has 0 saturated carbocycles. The molecule has 0 spiro atoms. The van der Waals surface area contributed by atoms with Crippen LogP contribution in [0.5, 0.6) is 0 Å². The van der Waals surface area contributed by atoms with E-state index in [4.69, 9.17) is 9.47 Å². The Balaban J connectivity index is 2.75. The average Bonchev–Trinajstić information content (AvgIpc) is 2.47. The number of Topliss-reactive ketones (excluding diaryl/α,β-unsaturated/α-hetero) is 1. The van der Waals surface area contributed by atoms with E-state index in [-0.39, 0.29) is 23.8 Å². The van der Waals surface area contributed by atoms with Gasteiger partial charge in [-0.3, -0.25) is 14.5 Å². The zero-order chi connectivity index (χ0) is 19.5. The molecule has 0 radical (unpaired) electrons. The summed E-state index contributed by atoms with van der Waals surface area (Å²) in [6.07, 6.45) is 0.0811. The number of allylic oxidation sites excluding steroid dienone is 1. The van der Waals surface area contributed by atoms with Crippen molar-refractivity contribution in [3.05, 3.63) is 11.3 Å². The summed E-state index contributed by atoms with van der Waals surface area (Å²) in [6.45, 7) is 9.21. The topological polar surface area (TPSA) is 90.0 Å². The van der Waals surface area contributed by atoms with E-state index in [9.17, 15) is 19.2 Å². The van der Waals surface area contributed by atoms with Crippen molar-refractivity contribution in [2.24, 2.45) is 11.3 Å².